The van der Waals surface area contributed by atoms with Crippen LogP contribution in [0.3, 0.4) is 0 Å². The third-order valence-electron chi connectivity index (χ3n) is 4.87. The highest BCUT2D eigenvalue weighted by molar-refractivity contribution is 14.0. The molecule has 1 aromatic rings. The lowest BCUT2D eigenvalue weighted by molar-refractivity contribution is 0.117. The fourth-order valence-corrected chi connectivity index (χ4v) is 3.83. The average Bonchev–Trinajstić information content (AvgIpc) is 3.23. The zero-order valence-corrected chi connectivity index (χ0v) is 17.8. The lowest BCUT2D eigenvalue weighted by Gasteiger charge is -2.37. The first-order valence-electron chi connectivity index (χ1n) is 9.38. The van der Waals surface area contributed by atoms with Crippen molar-refractivity contribution in [2.75, 3.05) is 32.8 Å². The van der Waals surface area contributed by atoms with Gasteiger partial charge in [0.2, 0.25) is 0 Å². The van der Waals surface area contributed by atoms with Gasteiger partial charge in [0.15, 0.2) is 5.96 Å². The fraction of sp³-hybridized carbons (Fsp3) is 0.737. The summed E-state index contributed by atoms with van der Waals surface area (Å²) in [6, 6.07) is 3.96. The van der Waals surface area contributed by atoms with Gasteiger partial charge in [0.25, 0.3) is 0 Å². The molecule has 0 bridgehead atoms. The second kappa shape index (κ2) is 10.4. The van der Waals surface area contributed by atoms with Gasteiger partial charge in [-0.1, -0.05) is 13.8 Å². The highest BCUT2D eigenvalue weighted by Gasteiger charge is 2.24. The minimum atomic E-state index is 0. The molecule has 0 aromatic carbocycles. The Morgan fingerprint density at radius 3 is 2.76 bits per heavy atom. The summed E-state index contributed by atoms with van der Waals surface area (Å²) in [7, 11) is 0. The van der Waals surface area contributed by atoms with Crippen molar-refractivity contribution in [3.63, 3.8) is 0 Å². The number of ether oxygens (including phenoxy) is 1. The first-order chi connectivity index (χ1) is 11.7. The van der Waals surface area contributed by atoms with Crippen LogP contribution in [0.15, 0.2) is 27.8 Å². The molecule has 2 aliphatic heterocycles. The number of furan rings is 1. The molecular weight excluding hydrogens is 429 g/mol. The smallest absolute Gasteiger partial charge is 0.194 e. The van der Waals surface area contributed by atoms with E-state index in [1.165, 1.54) is 12.8 Å². The van der Waals surface area contributed by atoms with E-state index in [4.69, 9.17) is 14.1 Å². The number of halogens is 1. The van der Waals surface area contributed by atoms with Crippen LogP contribution in [0.1, 0.15) is 38.9 Å². The predicted octanol–water partition coefficient (Wildman–Crippen LogP) is 3.54. The van der Waals surface area contributed by atoms with E-state index >= 15 is 0 Å². The van der Waals surface area contributed by atoms with E-state index in [1.807, 2.05) is 12.1 Å². The van der Waals surface area contributed by atoms with Gasteiger partial charge in [-0.3, -0.25) is 4.99 Å². The summed E-state index contributed by atoms with van der Waals surface area (Å²) < 4.78 is 11.2. The number of nitrogens with one attached hydrogen (secondary N) is 1. The van der Waals surface area contributed by atoms with E-state index in [1.54, 1.807) is 6.26 Å². The first kappa shape index (κ1) is 20.6. The van der Waals surface area contributed by atoms with E-state index < -0.39 is 0 Å². The Labute approximate surface area is 168 Å². The maximum Gasteiger partial charge on any atom is 0.194 e. The summed E-state index contributed by atoms with van der Waals surface area (Å²) >= 11 is 0. The number of hydrogen-bond acceptors (Lipinski definition) is 3. The van der Waals surface area contributed by atoms with Crippen LogP contribution < -0.4 is 5.32 Å². The van der Waals surface area contributed by atoms with Crippen LogP contribution in [0.2, 0.25) is 0 Å². The number of likely N-dealkylation sites (tertiary alicyclic amines) is 1. The van der Waals surface area contributed by atoms with Gasteiger partial charge in [0.1, 0.15) is 5.76 Å². The summed E-state index contributed by atoms with van der Waals surface area (Å²) in [6.07, 6.45) is 6.52. The molecule has 1 aromatic heterocycles. The Morgan fingerprint density at radius 2 is 2.12 bits per heavy atom. The summed E-state index contributed by atoms with van der Waals surface area (Å²) in [6.45, 7) is 9.34. The summed E-state index contributed by atoms with van der Waals surface area (Å²) in [5.74, 6) is 3.49. The summed E-state index contributed by atoms with van der Waals surface area (Å²) in [5.41, 5.74) is 0. The molecule has 142 valence electrons. The standard InChI is InChI=1S/C19H31N3O2.HI/c1-15-11-16(2)14-22(13-15)19(21-12-18-6-4-10-24-18)20-8-7-17-5-3-9-23-17;/h3,5,9,15-16,18H,4,6-8,10-14H2,1-2H3,(H,20,21);1H. The SMILES string of the molecule is CC1CC(C)CN(C(=NCC2CCCO2)NCCc2ccco2)C1.I. The molecule has 0 aliphatic carbocycles. The van der Waals surface area contributed by atoms with Crippen molar-refractivity contribution in [3.8, 4) is 0 Å². The van der Waals surface area contributed by atoms with Crippen molar-refractivity contribution >= 4 is 29.9 Å². The molecule has 2 fully saturated rings. The number of piperidine rings is 1. The topological polar surface area (TPSA) is 50.0 Å². The average molecular weight is 461 g/mol. The Morgan fingerprint density at radius 1 is 1.32 bits per heavy atom. The third-order valence-corrected chi connectivity index (χ3v) is 4.87. The highest BCUT2D eigenvalue weighted by Crippen LogP contribution is 2.21. The van der Waals surface area contributed by atoms with Crippen molar-refractivity contribution in [2.24, 2.45) is 16.8 Å². The van der Waals surface area contributed by atoms with Crippen LogP contribution in [-0.2, 0) is 11.2 Å². The summed E-state index contributed by atoms with van der Waals surface area (Å²) in [5, 5.41) is 3.55. The minimum absolute atomic E-state index is 0. The van der Waals surface area contributed by atoms with Crippen molar-refractivity contribution in [1.82, 2.24) is 10.2 Å². The molecule has 0 radical (unpaired) electrons. The van der Waals surface area contributed by atoms with Gasteiger partial charge in [0.05, 0.1) is 18.9 Å². The molecule has 3 heterocycles. The van der Waals surface area contributed by atoms with Gasteiger partial charge in [-0.2, -0.15) is 0 Å². The number of aliphatic imine (C=N–C) groups is 1. The summed E-state index contributed by atoms with van der Waals surface area (Å²) in [4.78, 5) is 7.32. The molecule has 6 heteroatoms. The van der Waals surface area contributed by atoms with Crippen molar-refractivity contribution in [1.29, 1.82) is 0 Å². The number of guanidine groups is 1. The number of hydrogen-bond donors (Lipinski definition) is 1. The monoisotopic (exact) mass is 461 g/mol. The van der Waals surface area contributed by atoms with Gasteiger partial charge < -0.3 is 19.4 Å². The van der Waals surface area contributed by atoms with Gasteiger partial charge in [0, 0.05) is 32.7 Å². The Hall–Kier alpha value is -0.760. The molecule has 1 N–H and O–H groups in total. The molecule has 3 unspecified atom stereocenters. The molecule has 0 amide bonds. The molecule has 2 saturated heterocycles. The normalized spacial score (nSPS) is 27.2. The first-order valence-corrected chi connectivity index (χ1v) is 9.38. The van der Waals surface area contributed by atoms with E-state index in [-0.39, 0.29) is 24.0 Å². The third kappa shape index (κ3) is 6.47. The zero-order valence-electron chi connectivity index (χ0n) is 15.4. The van der Waals surface area contributed by atoms with Crippen molar-refractivity contribution in [2.45, 2.75) is 45.6 Å². The Balaban J connectivity index is 0.00000225. The Bertz CT molecular complexity index is 505. The van der Waals surface area contributed by atoms with Crippen LogP contribution >= 0.6 is 24.0 Å². The van der Waals surface area contributed by atoms with Gasteiger partial charge >= 0.3 is 0 Å². The molecule has 0 spiro atoms. The van der Waals surface area contributed by atoms with Gasteiger partial charge in [-0.15, -0.1) is 24.0 Å². The predicted molar refractivity (Wildman–Crippen MR) is 112 cm³/mol. The van der Waals surface area contributed by atoms with Crippen LogP contribution in [0, 0.1) is 11.8 Å². The second-order valence-electron chi connectivity index (χ2n) is 7.41. The van der Waals surface area contributed by atoms with Crippen molar-refractivity contribution in [3.05, 3.63) is 24.2 Å². The quantitative estimate of drug-likeness (QED) is 0.414. The molecular formula is C19H32IN3O2. The highest BCUT2D eigenvalue weighted by atomic mass is 127. The van der Waals surface area contributed by atoms with Gasteiger partial charge in [-0.05, 0) is 43.2 Å². The van der Waals surface area contributed by atoms with Gasteiger partial charge in [-0.25, -0.2) is 0 Å². The van der Waals surface area contributed by atoms with Crippen molar-refractivity contribution < 1.29 is 9.15 Å². The van der Waals surface area contributed by atoms with E-state index in [9.17, 15) is 0 Å². The molecule has 3 atom stereocenters. The lowest BCUT2D eigenvalue weighted by Crippen LogP contribution is -2.49. The Kier molecular flexibility index (Phi) is 8.55. The lowest BCUT2D eigenvalue weighted by atomic mass is 9.92. The van der Waals surface area contributed by atoms with E-state index in [0.29, 0.717) is 17.9 Å². The molecule has 5 nitrogen and oxygen atoms in total. The largest absolute Gasteiger partial charge is 0.469 e. The van der Waals surface area contributed by atoms with Crippen LogP contribution in [0.5, 0.6) is 0 Å². The maximum absolute atomic E-state index is 5.73. The van der Waals surface area contributed by atoms with Crippen LogP contribution in [0.4, 0.5) is 0 Å². The van der Waals surface area contributed by atoms with Crippen LogP contribution in [0.25, 0.3) is 0 Å². The maximum atomic E-state index is 5.73. The van der Waals surface area contributed by atoms with Crippen LogP contribution in [-0.4, -0.2) is 49.7 Å². The van der Waals surface area contributed by atoms with E-state index in [0.717, 1.165) is 57.3 Å². The zero-order chi connectivity index (χ0) is 16.8. The number of nitrogens with zero attached hydrogens (tertiary/aromatic N) is 2. The minimum Gasteiger partial charge on any atom is -0.469 e. The fourth-order valence-electron chi connectivity index (χ4n) is 3.83. The molecule has 2 aliphatic rings. The second-order valence-corrected chi connectivity index (χ2v) is 7.41. The molecule has 25 heavy (non-hydrogen) atoms. The number of rotatable bonds is 5. The molecule has 3 rings (SSSR count). The molecule has 0 saturated carbocycles. The van der Waals surface area contributed by atoms with E-state index in [2.05, 4.69) is 24.1 Å².